The first kappa shape index (κ1) is 8.33. The van der Waals surface area contributed by atoms with Gasteiger partial charge in [0.2, 0.25) is 0 Å². The van der Waals surface area contributed by atoms with E-state index in [1.54, 1.807) is 0 Å². The molecule has 0 fully saturated rings. The highest BCUT2D eigenvalue weighted by Crippen LogP contribution is 1.83. The summed E-state index contributed by atoms with van der Waals surface area (Å²) in [6, 6.07) is 0. The van der Waals surface area contributed by atoms with Gasteiger partial charge in [-0.2, -0.15) is 0 Å². The molecular formula is C6H11NO2. The quantitative estimate of drug-likeness (QED) is 0.502. The van der Waals surface area contributed by atoms with Crippen LogP contribution in [-0.2, 0) is 4.79 Å². The van der Waals surface area contributed by atoms with Gasteiger partial charge in [-0.25, -0.2) is 0 Å². The lowest BCUT2D eigenvalue weighted by molar-refractivity contribution is -0.121. The zero-order valence-electron chi connectivity index (χ0n) is 5.37. The Morgan fingerprint density at radius 1 is 1.89 bits per heavy atom. The van der Waals surface area contributed by atoms with E-state index in [1.165, 1.54) is 19.1 Å². The molecule has 0 aliphatic carbocycles. The van der Waals surface area contributed by atoms with Gasteiger partial charge in [0.05, 0.1) is 0 Å². The van der Waals surface area contributed by atoms with Crippen molar-refractivity contribution in [3.63, 3.8) is 0 Å². The third-order valence-corrected chi connectivity index (χ3v) is 0.830. The summed E-state index contributed by atoms with van der Waals surface area (Å²) in [5.41, 5.74) is 5.06. The largest absolute Gasteiger partial charge is 0.385 e. The molecule has 0 radical (unpaired) electrons. The lowest BCUT2D eigenvalue weighted by Gasteiger charge is -1.94. The van der Waals surface area contributed by atoms with Crippen molar-refractivity contribution in [3.8, 4) is 0 Å². The van der Waals surface area contributed by atoms with Crippen LogP contribution in [0.3, 0.4) is 0 Å². The second kappa shape index (κ2) is 4.23. The van der Waals surface area contributed by atoms with Crippen molar-refractivity contribution in [2.75, 3.05) is 6.54 Å². The number of carbonyl (C=O) groups is 1. The van der Waals surface area contributed by atoms with E-state index < -0.39 is 6.10 Å². The van der Waals surface area contributed by atoms with Gasteiger partial charge in [-0.15, -0.1) is 0 Å². The minimum atomic E-state index is -0.909. The highest BCUT2D eigenvalue weighted by Gasteiger charge is 2.01. The normalized spacial score (nSPS) is 14.1. The van der Waals surface area contributed by atoms with E-state index in [1.807, 2.05) is 0 Å². The maximum atomic E-state index is 10.5. The number of nitrogens with two attached hydrogens (primary N) is 1. The van der Waals surface area contributed by atoms with E-state index in [0.29, 0.717) is 6.54 Å². The lowest BCUT2D eigenvalue weighted by atomic mass is 10.2. The fourth-order valence-corrected chi connectivity index (χ4v) is 0.323. The van der Waals surface area contributed by atoms with Crippen LogP contribution in [0.25, 0.3) is 0 Å². The topological polar surface area (TPSA) is 63.3 Å². The summed E-state index contributed by atoms with van der Waals surface area (Å²) in [6.07, 6.45) is 1.88. The molecule has 9 heavy (non-hydrogen) atoms. The van der Waals surface area contributed by atoms with Crippen LogP contribution >= 0.6 is 0 Å². The highest BCUT2D eigenvalue weighted by molar-refractivity contribution is 5.92. The molecule has 0 saturated carbocycles. The number of ketones is 1. The predicted molar refractivity (Wildman–Crippen MR) is 34.9 cm³/mol. The Bertz CT molecular complexity index is 118. The molecule has 1 atom stereocenters. The second-order valence-corrected chi connectivity index (χ2v) is 1.72. The molecule has 52 valence electrons. The summed E-state index contributed by atoms with van der Waals surface area (Å²) in [4.78, 5) is 10.5. The fraction of sp³-hybridized carbons (Fsp3) is 0.500. The molecule has 0 rings (SSSR count). The Kier molecular flexibility index (Phi) is 3.92. The first-order valence-electron chi connectivity index (χ1n) is 2.77. The molecule has 0 aromatic heterocycles. The number of hydrogen-bond donors (Lipinski definition) is 2. The molecule has 3 N–H and O–H groups in total. The van der Waals surface area contributed by atoms with Crippen LogP contribution < -0.4 is 5.73 Å². The van der Waals surface area contributed by atoms with Gasteiger partial charge in [0.15, 0.2) is 5.78 Å². The monoisotopic (exact) mass is 129 g/mol. The van der Waals surface area contributed by atoms with Crippen molar-refractivity contribution in [2.45, 2.75) is 13.0 Å². The van der Waals surface area contributed by atoms with Crippen molar-refractivity contribution >= 4 is 5.78 Å². The zero-order chi connectivity index (χ0) is 7.28. The molecule has 0 amide bonds. The average Bonchev–Trinajstić information content (AvgIpc) is 1.82. The van der Waals surface area contributed by atoms with Gasteiger partial charge in [0.1, 0.15) is 6.10 Å². The smallest absolute Gasteiger partial charge is 0.183 e. The fourth-order valence-electron chi connectivity index (χ4n) is 0.323. The number of aliphatic hydroxyl groups is 1. The highest BCUT2D eigenvalue weighted by atomic mass is 16.3. The zero-order valence-corrected chi connectivity index (χ0v) is 5.37. The SMILES string of the molecule is CC(O)C(=O)C=CCN. The van der Waals surface area contributed by atoms with Crippen molar-refractivity contribution in [2.24, 2.45) is 5.73 Å². The van der Waals surface area contributed by atoms with Crippen LogP contribution in [0.1, 0.15) is 6.92 Å². The third-order valence-electron chi connectivity index (χ3n) is 0.830. The van der Waals surface area contributed by atoms with Crippen molar-refractivity contribution < 1.29 is 9.90 Å². The van der Waals surface area contributed by atoms with Crippen molar-refractivity contribution in [3.05, 3.63) is 12.2 Å². The molecule has 0 aliphatic rings. The molecule has 3 heteroatoms. The van der Waals surface area contributed by atoms with Crippen molar-refractivity contribution in [1.29, 1.82) is 0 Å². The minimum Gasteiger partial charge on any atom is -0.385 e. The molecule has 0 bridgehead atoms. The predicted octanol–water partition coefficient (Wildman–Crippen LogP) is -0.549. The van der Waals surface area contributed by atoms with Gasteiger partial charge in [-0.05, 0) is 13.0 Å². The Hall–Kier alpha value is -0.670. The first-order valence-corrected chi connectivity index (χ1v) is 2.77. The number of carbonyl (C=O) groups excluding carboxylic acids is 1. The molecule has 0 spiro atoms. The van der Waals surface area contributed by atoms with E-state index in [0.717, 1.165) is 0 Å². The number of rotatable bonds is 3. The maximum absolute atomic E-state index is 10.5. The van der Waals surface area contributed by atoms with E-state index in [2.05, 4.69) is 0 Å². The maximum Gasteiger partial charge on any atom is 0.183 e. The Labute approximate surface area is 54.2 Å². The first-order chi connectivity index (χ1) is 4.18. The molecule has 1 unspecified atom stereocenters. The van der Waals surface area contributed by atoms with Gasteiger partial charge in [-0.1, -0.05) is 6.08 Å². The van der Waals surface area contributed by atoms with Gasteiger partial charge in [0, 0.05) is 6.54 Å². The second-order valence-electron chi connectivity index (χ2n) is 1.72. The van der Waals surface area contributed by atoms with E-state index in [4.69, 9.17) is 10.8 Å². The molecule has 0 saturated heterocycles. The van der Waals surface area contributed by atoms with Crippen LogP contribution in [0, 0.1) is 0 Å². The third kappa shape index (κ3) is 3.88. The molecule has 0 heterocycles. The van der Waals surface area contributed by atoms with Crippen molar-refractivity contribution in [1.82, 2.24) is 0 Å². The Balaban J connectivity index is 3.63. The Morgan fingerprint density at radius 2 is 2.44 bits per heavy atom. The Morgan fingerprint density at radius 3 is 2.78 bits per heavy atom. The van der Waals surface area contributed by atoms with Gasteiger partial charge < -0.3 is 10.8 Å². The molecule has 0 aliphatic heterocycles. The van der Waals surface area contributed by atoms with Crippen LogP contribution in [0.2, 0.25) is 0 Å². The van der Waals surface area contributed by atoms with Gasteiger partial charge in [0.25, 0.3) is 0 Å². The number of hydrogen-bond acceptors (Lipinski definition) is 3. The molecule has 0 aromatic carbocycles. The lowest BCUT2D eigenvalue weighted by Crippen LogP contribution is -2.13. The summed E-state index contributed by atoms with van der Waals surface area (Å²) in [5, 5.41) is 8.61. The van der Waals surface area contributed by atoms with Crippen LogP contribution in [0.15, 0.2) is 12.2 Å². The van der Waals surface area contributed by atoms with Gasteiger partial charge in [-0.3, -0.25) is 4.79 Å². The van der Waals surface area contributed by atoms with Crippen LogP contribution in [0.4, 0.5) is 0 Å². The average molecular weight is 129 g/mol. The van der Waals surface area contributed by atoms with E-state index in [-0.39, 0.29) is 5.78 Å². The summed E-state index contributed by atoms with van der Waals surface area (Å²) in [6.45, 7) is 1.75. The number of aliphatic hydroxyl groups excluding tert-OH is 1. The summed E-state index contributed by atoms with van der Waals surface area (Å²) in [5.74, 6) is -0.305. The summed E-state index contributed by atoms with van der Waals surface area (Å²) < 4.78 is 0. The van der Waals surface area contributed by atoms with E-state index in [9.17, 15) is 4.79 Å². The van der Waals surface area contributed by atoms with E-state index >= 15 is 0 Å². The van der Waals surface area contributed by atoms with Crippen LogP contribution in [-0.4, -0.2) is 23.5 Å². The summed E-state index contributed by atoms with van der Waals surface area (Å²) >= 11 is 0. The standard InChI is InChI=1S/C6H11NO2/c1-5(8)6(9)3-2-4-7/h2-3,5,8H,4,7H2,1H3. The van der Waals surface area contributed by atoms with Crippen LogP contribution in [0.5, 0.6) is 0 Å². The van der Waals surface area contributed by atoms with Gasteiger partial charge >= 0.3 is 0 Å². The molecule has 0 aromatic rings. The summed E-state index contributed by atoms with van der Waals surface area (Å²) in [7, 11) is 0. The molecule has 3 nitrogen and oxygen atoms in total. The minimum absolute atomic E-state index is 0.305. The molecular weight excluding hydrogens is 118 g/mol.